The third-order valence-corrected chi connectivity index (χ3v) is 27.6. The topological polar surface area (TPSA) is 117 Å². The first kappa shape index (κ1) is 80.0. The normalized spacial score (nSPS) is 11.9. The molecule has 28 rings (SSSR count). The zero-order valence-electron chi connectivity index (χ0n) is 75.1. The van der Waals surface area contributed by atoms with Crippen LogP contribution in [0.15, 0.2) is 457 Å². The molecule has 9 heteroatoms. The summed E-state index contributed by atoms with van der Waals surface area (Å²) in [4.78, 5) is 28.2. The van der Waals surface area contributed by atoms with Gasteiger partial charge < -0.3 is 13.3 Å². The van der Waals surface area contributed by atoms with E-state index >= 15 is 0 Å². The van der Waals surface area contributed by atoms with Crippen LogP contribution in [-0.2, 0) is 5.41 Å². The maximum Gasteiger partial charge on any atom is 0.135 e. The van der Waals surface area contributed by atoms with Gasteiger partial charge in [0.05, 0.1) is 33.1 Å². The van der Waals surface area contributed by atoms with Crippen LogP contribution >= 0.6 is 0 Å². The molecule has 0 radical (unpaired) electrons. The summed E-state index contributed by atoms with van der Waals surface area (Å²) in [6.07, 6.45) is 10.6. The van der Waals surface area contributed by atoms with Crippen LogP contribution in [0.25, 0.3) is 274 Å². The van der Waals surface area contributed by atoms with E-state index in [-0.39, 0.29) is 5.41 Å². The molecule has 0 saturated heterocycles. The van der Waals surface area contributed by atoms with Crippen LogP contribution in [0, 0.1) is 0 Å². The Bertz CT molecular complexity index is 9700. The number of nitrogens with zero attached hydrogens (tertiary/aromatic N) is 6. The Balaban J connectivity index is 0.000000107. The zero-order chi connectivity index (χ0) is 90.9. The van der Waals surface area contributed by atoms with Gasteiger partial charge in [-0.15, -0.1) is 0 Å². The van der Waals surface area contributed by atoms with Crippen molar-refractivity contribution in [3.63, 3.8) is 0 Å². The molecule has 6 aromatic heterocycles. The lowest BCUT2D eigenvalue weighted by Crippen LogP contribution is -2.10. The third kappa shape index (κ3) is 14.1. The van der Waals surface area contributed by atoms with Crippen LogP contribution in [0.1, 0.15) is 26.3 Å². The highest BCUT2D eigenvalue weighted by Gasteiger charge is 2.22. The number of rotatable bonds is 9. The van der Waals surface area contributed by atoms with Gasteiger partial charge in [-0.3, -0.25) is 29.9 Å². The Morgan fingerprint density at radius 1 is 0.153 bits per heavy atom. The fourth-order valence-corrected chi connectivity index (χ4v) is 20.7. The average molecular weight is 1750 g/mol. The van der Waals surface area contributed by atoms with E-state index in [9.17, 15) is 0 Å². The highest BCUT2D eigenvalue weighted by molar-refractivity contribution is 6.27. The van der Waals surface area contributed by atoms with E-state index in [0.717, 1.165) is 143 Å². The first-order chi connectivity index (χ1) is 67.5. The molecule has 0 fully saturated rings. The summed E-state index contributed by atoms with van der Waals surface area (Å²) in [5.41, 5.74) is 33.7. The number of hydrogen-bond donors (Lipinski definition) is 0. The average Bonchev–Trinajstić information content (AvgIpc) is 1.66. The van der Waals surface area contributed by atoms with E-state index in [1.54, 1.807) is 37.2 Å². The van der Waals surface area contributed by atoms with Gasteiger partial charge in [-0.2, -0.15) is 0 Å². The molecule has 0 spiro atoms. The van der Waals surface area contributed by atoms with E-state index in [4.69, 9.17) is 28.2 Å². The summed E-state index contributed by atoms with van der Waals surface area (Å²) >= 11 is 0. The van der Waals surface area contributed by atoms with E-state index in [2.05, 4.69) is 442 Å². The number of benzene rings is 22. The molecule has 0 saturated carbocycles. The molecule has 28 aromatic rings. The molecule has 0 atom stereocenters. The van der Waals surface area contributed by atoms with E-state index in [1.165, 1.54) is 137 Å². The van der Waals surface area contributed by atoms with Crippen molar-refractivity contribution >= 4 is 174 Å². The summed E-state index contributed by atoms with van der Waals surface area (Å²) in [5.74, 6) is 0. The number of fused-ring (bicyclic) bond motifs is 28. The van der Waals surface area contributed by atoms with Gasteiger partial charge in [0.25, 0.3) is 0 Å². The van der Waals surface area contributed by atoms with Gasteiger partial charge in [-0.05, 0) is 263 Å². The van der Waals surface area contributed by atoms with E-state index in [0.29, 0.717) is 0 Å². The largest absolute Gasteiger partial charge is 0.456 e. The van der Waals surface area contributed by atoms with Crippen LogP contribution in [-0.4, -0.2) is 29.9 Å². The van der Waals surface area contributed by atoms with Gasteiger partial charge in [0.15, 0.2) is 0 Å². The van der Waals surface area contributed by atoms with Crippen molar-refractivity contribution in [2.24, 2.45) is 0 Å². The Labute approximate surface area is 787 Å². The van der Waals surface area contributed by atoms with Crippen LogP contribution in [0.2, 0.25) is 0 Å². The van der Waals surface area contributed by atoms with Gasteiger partial charge in [0.2, 0.25) is 0 Å². The first-order valence-electron chi connectivity index (χ1n) is 46.5. The van der Waals surface area contributed by atoms with Gasteiger partial charge in [-0.25, -0.2) is 0 Å². The molecular formula is C128H82N6O3. The van der Waals surface area contributed by atoms with Crippen molar-refractivity contribution < 1.29 is 13.3 Å². The second kappa shape index (κ2) is 32.5. The van der Waals surface area contributed by atoms with Crippen molar-refractivity contribution in [3.05, 3.63) is 449 Å². The Hall–Kier alpha value is -17.9. The molecule has 0 unspecified atom stereocenters. The zero-order valence-corrected chi connectivity index (χ0v) is 75.1. The predicted octanol–water partition coefficient (Wildman–Crippen LogP) is 35.0. The third-order valence-electron chi connectivity index (χ3n) is 27.6. The molecule has 137 heavy (non-hydrogen) atoms. The molecular weight excluding hydrogens is 1670 g/mol. The molecule has 9 nitrogen and oxygen atoms in total. The molecule has 0 bridgehead atoms. The smallest absolute Gasteiger partial charge is 0.135 e. The van der Waals surface area contributed by atoms with Crippen molar-refractivity contribution in [3.8, 4) is 100 Å². The second-order valence-corrected chi connectivity index (χ2v) is 36.7. The predicted molar refractivity (Wildman–Crippen MR) is 571 cm³/mol. The summed E-state index contributed by atoms with van der Waals surface area (Å²) in [7, 11) is 0. The molecule has 0 aliphatic rings. The van der Waals surface area contributed by atoms with Crippen molar-refractivity contribution in [1.29, 1.82) is 0 Å². The van der Waals surface area contributed by atoms with Gasteiger partial charge in [0.1, 0.15) is 33.5 Å². The Morgan fingerprint density at radius 2 is 0.380 bits per heavy atom. The standard InChI is InChI=1S/C46H28N2O.C44H26N2O.C38H28N2O/c1-2-7-29(8-3-1)30-13-15-31(16-14-30)34-18-21-43-41(27-34)42-28-36(19-22-44(42)49-43)33-10-6-9-32(25-33)35-17-20-39-40(26-35)37-11-4-5-12-38(37)45-46(39)48-24-23-47-45;1-2-11-33-27(7-1)8-6-14-34(33)32-17-20-42-40(26-32)39-25-31(16-19-41(39)47-42)29-10-5-9-28(23-29)30-15-18-37-38(24-30)35-12-3-4-13-36(35)43-44(37)46-22-21-45-43;1-38(2,3)27-13-16-35-33(22-27)32-21-26(12-15-34(32)41-35)24-8-6-7-23(19-24)25-11-14-30-31(20-25)28-9-4-5-10-29(28)36-37(30)40-18-17-39-36/h1-28H;1-26H;4-22H,1-3H3. The van der Waals surface area contributed by atoms with E-state index < -0.39 is 0 Å². The molecule has 0 aliphatic heterocycles. The van der Waals surface area contributed by atoms with Crippen molar-refractivity contribution in [2.75, 3.05) is 0 Å². The molecule has 0 amide bonds. The van der Waals surface area contributed by atoms with Crippen LogP contribution in [0.5, 0.6) is 0 Å². The molecule has 0 N–H and O–H groups in total. The number of aromatic nitrogens is 6. The Morgan fingerprint density at radius 3 is 0.737 bits per heavy atom. The minimum Gasteiger partial charge on any atom is -0.456 e. The quantitative estimate of drug-likeness (QED) is 0.130. The fraction of sp³-hybridized carbons (Fsp3) is 0.0312. The minimum absolute atomic E-state index is 0.0772. The molecule has 642 valence electrons. The monoisotopic (exact) mass is 1750 g/mol. The Kier molecular flexibility index (Phi) is 19.0. The first-order valence-corrected chi connectivity index (χ1v) is 46.5. The summed E-state index contributed by atoms with van der Waals surface area (Å²) in [5, 5.41) is 23.2. The lowest BCUT2D eigenvalue weighted by Gasteiger charge is -2.18. The highest BCUT2D eigenvalue weighted by atomic mass is 16.3. The van der Waals surface area contributed by atoms with Crippen LogP contribution < -0.4 is 0 Å². The highest BCUT2D eigenvalue weighted by Crippen LogP contribution is 2.46. The van der Waals surface area contributed by atoms with Gasteiger partial charge in [-0.1, -0.05) is 318 Å². The van der Waals surface area contributed by atoms with Gasteiger partial charge >= 0.3 is 0 Å². The van der Waals surface area contributed by atoms with Crippen molar-refractivity contribution in [2.45, 2.75) is 26.2 Å². The SMILES string of the molecule is CC(C)(C)c1ccc2oc3ccc(-c4cccc(-c5ccc6c(c5)c5ccccc5c5nccnc65)c4)cc3c2c1.c1cc(-c2ccc3oc4ccc(-c5cccc6ccccc56)cc4c3c2)cc(-c2ccc3c(c2)c2ccccc2c2nccnc32)c1.c1ccc(-c2ccc(-c3ccc4oc5ccc(-c6cccc(-c7ccc8c(c7)c7ccccc7c7nccnc87)c6)cc5c4c3)cc2)cc1. The maximum atomic E-state index is 6.31. The number of furan rings is 3. The lowest BCUT2D eigenvalue weighted by molar-refractivity contribution is 0.590. The molecule has 6 heterocycles. The van der Waals surface area contributed by atoms with Gasteiger partial charge in [0, 0.05) is 102 Å². The second-order valence-electron chi connectivity index (χ2n) is 36.7. The summed E-state index contributed by atoms with van der Waals surface area (Å²) in [6.45, 7) is 6.75. The molecule has 22 aromatic carbocycles. The maximum absolute atomic E-state index is 6.31. The van der Waals surface area contributed by atoms with E-state index in [1.807, 2.05) is 0 Å². The summed E-state index contributed by atoms with van der Waals surface area (Å²) in [6, 6.07) is 146. The lowest BCUT2D eigenvalue weighted by atomic mass is 9.86. The molecule has 0 aliphatic carbocycles. The number of hydrogen-bond acceptors (Lipinski definition) is 9. The minimum atomic E-state index is 0.0772. The van der Waals surface area contributed by atoms with Crippen LogP contribution in [0.3, 0.4) is 0 Å². The summed E-state index contributed by atoms with van der Waals surface area (Å²) < 4.78 is 18.8. The van der Waals surface area contributed by atoms with Crippen LogP contribution in [0.4, 0.5) is 0 Å². The fourth-order valence-electron chi connectivity index (χ4n) is 20.7. The van der Waals surface area contributed by atoms with Crippen molar-refractivity contribution in [1.82, 2.24) is 29.9 Å².